The predicted octanol–water partition coefficient (Wildman–Crippen LogP) is 3.85. The van der Waals surface area contributed by atoms with Gasteiger partial charge >= 0.3 is 0 Å². The zero-order valence-corrected chi connectivity index (χ0v) is 18.9. The molecule has 0 atom stereocenters. The quantitative estimate of drug-likeness (QED) is 0.276. The molecule has 4 aromatic rings. The van der Waals surface area contributed by atoms with E-state index in [4.69, 9.17) is 4.52 Å². The molecule has 0 aliphatic heterocycles. The Hall–Kier alpha value is -3.40. The third-order valence-electron chi connectivity index (χ3n) is 4.70. The second-order valence-electron chi connectivity index (χ2n) is 7.02. The molecule has 9 nitrogen and oxygen atoms in total. The third-order valence-corrected chi connectivity index (χ3v) is 5.43. The van der Waals surface area contributed by atoms with Crippen molar-refractivity contribution in [2.24, 2.45) is 0 Å². The van der Waals surface area contributed by atoms with E-state index in [2.05, 4.69) is 44.7 Å². The first-order valence-electron chi connectivity index (χ1n) is 10.6. The van der Waals surface area contributed by atoms with Gasteiger partial charge in [0.25, 0.3) is 5.91 Å². The van der Waals surface area contributed by atoms with E-state index in [1.54, 1.807) is 28.7 Å². The molecule has 2 N–H and O–H groups in total. The minimum Gasteiger partial charge on any atom is -0.369 e. The molecule has 3 heterocycles. The van der Waals surface area contributed by atoms with Gasteiger partial charge in [-0.15, -0.1) is 0 Å². The fourth-order valence-electron chi connectivity index (χ4n) is 3.16. The smallest absolute Gasteiger partial charge is 0.273 e. The summed E-state index contributed by atoms with van der Waals surface area (Å²) >= 11 is 1.58. The number of carbonyl (C=O) groups is 1. The molecule has 4 rings (SSSR count). The summed E-state index contributed by atoms with van der Waals surface area (Å²) in [7, 11) is 0. The Morgan fingerprint density at radius 2 is 2.00 bits per heavy atom. The van der Waals surface area contributed by atoms with Crippen molar-refractivity contribution >= 4 is 34.5 Å². The zero-order chi connectivity index (χ0) is 22.3. The Labute approximate surface area is 190 Å². The summed E-state index contributed by atoms with van der Waals surface area (Å²) in [5.41, 5.74) is 1.86. The Morgan fingerprint density at radius 1 is 1.16 bits per heavy atom. The van der Waals surface area contributed by atoms with Gasteiger partial charge in [-0.1, -0.05) is 61.1 Å². The number of amides is 1. The van der Waals surface area contributed by atoms with Crippen molar-refractivity contribution in [1.82, 2.24) is 30.2 Å². The average Bonchev–Trinajstić information content (AvgIpc) is 3.46. The molecule has 166 valence electrons. The highest BCUT2D eigenvalue weighted by atomic mass is 32.2. The number of carbonyl (C=O) groups excluding carboxylic acids is 1. The van der Waals surface area contributed by atoms with Crippen LogP contribution in [0.1, 0.15) is 30.8 Å². The van der Waals surface area contributed by atoms with Crippen molar-refractivity contribution in [3.8, 4) is 11.3 Å². The van der Waals surface area contributed by atoms with Crippen LogP contribution in [-0.2, 0) is 6.54 Å². The molecule has 32 heavy (non-hydrogen) atoms. The second kappa shape index (κ2) is 10.3. The number of thioether (sulfide) groups is 1. The largest absolute Gasteiger partial charge is 0.369 e. The van der Waals surface area contributed by atoms with Gasteiger partial charge in [0.2, 0.25) is 0 Å². The molecule has 3 aromatic heterocycles. The molecule has 0 fully saturated rings. The molecular weight excluding hydrogens is 426 g/mol. The number of nitrogens with zero attached hydrogens (tertiary/aromatic N) is 5. The summed E-state index contributed by atoms with van der Waals surface area (Å²) in [6.07, 6.45) is 2.76. The summed E-state index contributed by atoms with van der Waals surface area (Å²) < 4.78 is 7.09. The summed E-state index contributed by atoms with van der Waals surface area (Å²) in [6.45, 7) is 5.85. The van der Waals surface area contributed by atoms with Crippen molar-refractivity contribution in [2.45, 2.75) is 32.0 Å². The van der Waals surface area contributed by atoms with E-state index in [0.717, 1.165) is 41.1 Å². The molecule has 0 saturated heterocycles. The first-order chi connectivity index (χ1) is 15.7. The standard InChI is InChI=1S/C22H25N7O2S/c1-3-10-23-19-16-14-25-29(20(16)27-22(26-19)32-4-2)12-11-24-21(30)17-13-18(31-28-17)15-8-6-5-7-9-15/h5-9,13-14H,3-4,10-12H2,1-2H3,(H,24,30)(H,23,26,27). The molecular formula is C22H25N7O2S. The number of rotatable bonds is 10. The van der Waals surface area contributed by atoms with Crippen LogP contribution in [0.15, 0.2) is 52.3 Å². The van der Waals surface area contributed by atoms with Gasteiger partial charge in [0.05, 0.1) is 18.1 Å². The van der Waals surface area contributed by atoms with Crippen LogP contribution in [-0.4, -0.2) is 49.7 Å². The van der Waals surface area contributed by atoms with Crippen LogP contribution < -0.4 is 10.6 Å². The Morgan fingerprint density at radius 3 is 2.78 bits per heavy atom. The molecule has 1 aromatic carbocycles. The van der Waals surface area contributed by atoms with Gasteiger partial charge in [-0.3, -0.25) is 4.79 Å². The minimum absolute atomic E-state index is 0.240. The number of aromatic nitrogens is 5. The lowest BCUT2D eigenvalue weighted by Crippen LogP contribution is -2.27. The van der Waals surface area contributed by atoms with E-state index in [9.17, 15) is 4.79 Å². The van der Waals surface area contributed by atoms with E-state index in [1.807, 2.05) is 30.3 Å². The van der Waals surface area contributed by atoms with Crippen LogP contribution in [0, 0.1) is 0 Å². The van der Waals surface area contributed by atoms with Crippen molar-refractivity contribution in [3.05, 3.63) is 48.3 Å². The molecule has 0 radical (unpaired) electrons. The number of anilines is 1. The number of benzene rings is 1. The maximum Gasteiger partial charge on any atom is 0.273 e. The van der Waals surface area contributed by atoms with Gasteiger partial charge in [0.15, 0.2) is 22.3 Å². The highest BCUT2D eigenvalue weighted by Gasteiger charge is 2.15. The normalized spacial score (nSPS) is 11.1. The van der Waals surface area contributed by atoms with Crippen LogP contribution in [0.25, 0.3) is 22.4 Å². The fraction of sp³-hybridized carbons (Fsp3) is 0.318. The Kier molecular flexibility index (Phi) is 7.00. The molecule has 10 heteroatoms. The average molecular weight is 452 g/mol. The van der Waals surface area contributed by atoms with Crippen molar-refractivity contribution in [2.75, 3.05) is 24.2 Å². The van der Waals surface area contributed by atoms with Crippen LogP contribution in [0.5, 0.6) is 0 Å². The zero-order valence-electron chi connectivity index (χ0n) is 18.0. The first kappa shape index (κ1) is 21.8. The molecule has 0 bridgehead atoms. The van der Waals surface area contributed by atoms with Gasteiger partial charge in [-0.25, -0.2) is 14.6 Å². The lowest BCUT2D eigenvalue weighted by Gasteiger charge is -2.09. The lowest BCUT2D eigenvalue weighted by atomic mass is 10.1. The minimum atomic E-state index is -0.297. The van der Waals surface area contributed by atoms with Gasteiger partial charge in [0, 0.05) is 24.7 Å². The highest BCUT2D eigenvalue weighted by molar-refractivity contribution is 7.99. The van der Waals surface area contributed by atoms with E-state index < -0.39 is 0 Å². The third kappa shape index (κ3) is 4.91. The van der Waals surface area contributed by atoms with Gasteiger partial charge in [0.1, 0.15) is 5.82 Å². The van der Waals surface area contributed by atoms with Crippen LogP contribution in [0.3, 0.4) is 0 Å². The summed E-state index contributed by atoms with van der Waals surface area (Å²) in [4.78, 5) is 21.8. The number of nitrogens with one attached hydrogen (secondary N) is 2. The van der Waals surface area contributed by atoms with Gasteiger partial charge in [-0.2, -0.15) is 5.10 Å². The number of fused-ring (bicyclic) bond motifs is 1. The number of hydrogen-bond acceptors (Lipinski definition) is 8. The number of hydrogen-bond donors (Lipinski definition) is 2. The second-order valence-corrected chi connectivity index (χ2v) is 8.25. The highest BCUT2D eigenvalue weighted by Crippen LogP contribution is 2.24. The van der Waals surface area contributed by atoms with Gasteiger partial charge < -0.3 is 15.2 Å². The Balaban J connectivity index is 1.43. The van der Waals surface area contributed by atoms with Crippen LogP contribution >= 0.6 is 11.8 Å². The lowest BCUT2D eigenvalue weighted by molar-refractivity contribution is 0.0943. The van der Waals surface area contributed by atoms with E-state index in [0.29, 0.717) is 24.0 Å². The van der Waals surface area contributed by atoms with Gasteiger partial charge in [-0.05, 0) is 12.2 Å². The van der Waals surface area contributed by atoms with Crippen molar-refractivity contribution in [3.63, 3.8) is 0 Å². The summed E-state index contributed by atoms with van der Waals surface area (Å²) in [6, 6.07) is 11.2. The fourth-order valence-corrected chi connectivity index (χ4v) is 3.72. The topological polar surface area (TPSA) is 111 Å². The maximum atomic E-state index is 12.5. The molecule has 0 unspecified atom stereocenters. The summed E-state index contributed by atoms with van der Waals surface area (Å²) in [5, 5.41) is 16.1. The first-order valence-corrected chi connectivity index (χ1v) is 11.6. The van der Waals surface area contributed by atoms with Crippen molar-refractivity contribution in [1.29, 1.82) is 0 Å². The molecule has 1 amide bonds. The predicted molar refractivity (Wildman–Crippen MR) is 125 cm³/mol. The summed E-state index contributed by atoms with van der Waals surface area (Å²) in [5.74, 6) is 1.93. The van der Waals surface area contributed by atoms with Crippen LogP contribution in [0.2, 0.25) is 0 Å². The van der Waals surface area contributed by atoms with E-state index in [1.165, 1.54) is 0 Å². The monoisotopic (exact) mass is 451 g/mol. The molecule has 0 spiro atoms. The maximum absolute atomic E-state index is 12.5. The molecule has 0 saturated carbocycles. The van der Waals surface area contributed by atoms with E-state index in [-0.39, 0.29) is 11.6 Å². The SMILES string of the molecule is CCCNc1nc(SCC)nc2c1cnn2CCNC(=O)c1cc(-c2ccccc2)on1. The molecule has 0 aliphatic rings. The van der Waals surface area contributed by atoms with E-state index >= 15 is 0 Å². The van der Waals surface area contributed by atoms with Crippen LogP contribution in [0.4, 0.5) is 5.82 Å². The Bertz CT molecular complexity index is 1190. The molecule has 0 aliphatic carbocycles. The van der Waals surface area contributed by atoms with Crippen molar-refractivity contribution < 1.29 is 9.32 Å².